The maximum Gasteiger partial charge on any atom is 0.329 e. The Morgan fingerprint density at radius 2 is 2.00 bits per heavy atom. The molecule has 0 radical (unpaired) electrons. The summed E-state index contributed by atoms with van der Waals surface area (Å²) in [7, 11) is 1.82. The first-order chi connectivity index (χ1) is 7.13. The predicted molar refractivity (Wildman–Crippen MR) is 61.0 cm³/mol. The molecule has 80 valence electrons. The van der Waals surface area contributed by atoms with Crippen molar-refractivity contribution in [3.63, 3.8) is 0 Å². The largest absolute Gasteiger partial charge is 0.478 e. The Bertz CT molecular complexity index is 354. The van der Waals surface area contributed by atoms with Gasteiger partial charge in [0, 0.05) is 25.0 Å². The first kappa shape index (κ1) is 11.3. The third-order valence-corrected chi connectivity index (χ3v) is 2.19. The molecule has 0 saturated heterocycles. The van der Waals surface area contributed by atoms with Crippen LogP contribution in [0.15, 0.2) is 36.5 Å². The number of anilines is 1. The lowest BCUT2D eigenvalue weighted by Gasteiger charge is -2.13. The van der Waals surface area contributed by atoms with E-state index < -0.39 is 5.97 Å². The minimum Gasteiger partial charge on any atom is -0.478 e. The molecule has 0 aliphatic heterocycles. The molecule has 0 amide bonds. The van der Waals surface area contributed by atoms with Gasteiger partial charge in [0.1, 0.15) is 0 Å². The van der Waals surface area contributed by atoms with Gasteiger partial charge in [-0.1, -0.05) is 19.1 Å². The molecule has 1 aromatic carbocycles. The number of carboxylic acid groups (broad SMARTS) is 1. The van der Waals surface area contributed by atoms with E-state index in [2.05, 4.69) is 6.92 Å². The maximum atomic E-state index is 10.3. The molecular weight excluding hydrogens is 190 g/mol. The summed E-state index contributed by atoms with van der Waals surface area (Å²) in [5, 5.41) is 8.48. The number of nitrogens with zero attached hydrogens (tertiary/aromatic N) is 1. The average Bonchev–Trinajstić information content (AvgIpc) is 2.26. The number of rotatable bonds is 4. The minimum atomic E-state index is -0.938. The molecule has 3 nitrogen and oxygen atoms in total. The molecule has 0 saturated carbocycles. The quantitative estimate of drug-likeness (QED) is 0.767. The second-order valence-electron chi connectivity index (χ2n) is 3.28. The number of aliphatic carboxylic acids is 1. The second kappa shape index (κ2) is 5.20. The van der Waals surface area contributed by atoms with Crippen molar-refractivity contribution in [2.75, 3.05) is 11.9 Å². The molecule has 0 unspecified atom stereocenters. The zero-order valence-corrected chi connectivity index (χ0v) is 8.97. The summed E-state index contributed by atoms with van der Waals surface area (Å²) in [6, 6.07) is 8.04. The molecule has 15 heavy (non-hydrogen) atoms. The summed E-state index contributed by atoms with van der Waals surface area (Å²) in [5.41, 5.74) is 2.25. The number of hydrogen-bond acceptors (Lipinski definition) is 2. The predicted octanol–water partition coefficient (Wildman–Crippen LogP) is 2.28. The fourth-order valence-corrected chi connectivity index (χ4v) is 1.23. The Labute approximate surface area is 89.6 Å². The van der Waals surface area contributed by atoms with Crippen LogP contribution in [0.25, 0.3) is 0 Å². The van der Waals surface area contributed by atoms with Crippen LogP contribution in [0, 0.1) is 0 Å². The highest BCUT2D eigenvalue weighted by Gasteiger charge is 1.97. The highest BCUT2D eigenvalue weighted by Crippen LogP contribution is 2.14. The molecule has 0 spiro atoms. The van der Waals surface area contributed by atoms with Crippen LogP contribution in [-0.4, -0.2) is 18.1 Å². The molecule has 0 bridgehead atoms. The third kappa shape index (κ3) is 3.46. The molecule has 1 N–H and O–H groups in total. The van der Waals surface area contributed by atoms with E-state index in [0.29, 0.717) is 0 Å². The maximum absolute atomic E-state index is 10.3. The first-order valence-electron chi connectivity index (χ1n) is 4.86. The molecule has 0 aliphatic rings. The molecule has 0 fully saturated rings. The van der Waals surface area contributed by atoms with Gasteiger partial charge in [-0.2, -0.15) is 0 Å². The molecular formula is C12H15NO2. The van der Waals surface area contributed by atoms with E-state index in [0.717, 1.165) is 18.2 Å². The molecule has 0 heterocycles. The summed E-state index contributed by atoms with van der Waals surface area (Å²) in [5.74, 6) is -0.938. The van der Waals surface area contributed by atoms with E-state index in [4.69, 9.17) is 5.11 Å². The first-order valence-corrected chi connectivity index (χ1v) is 4.86. The van der Waals surface area contributed by atoms with Crippen molar-refractivity contribution in [1.82, 2.24) is 0 Å². The van der Waals surface area contributed by atoms with E-state index in [1.807, 2.05) is 31.3 Å². The normalized spacial score (nSPS) is 10.5. The van der Waals surface area contributed by atoms with E-state index in [9.17, 15) is 4.79 Å². The monoisotopic (exact) mass is 205 g/mol. The van der Waals surface area contributed by atoms with Gasteiger partial charge in [-0.15, -0.1) is 0 Å². The van der Waals surface area contributed by atoms with Crippen molar-refractivity contribution in [3.8, 4) is 0 Å². The van der Waals surface area contributed by atoms with Gasteiger partial charge in [0.15, 0.2) is 0 Å². The standard InChI is InChI=1S/C12H15NO2/c1-3-10-4-6-11(7-5-10)13(2)9-8-12(14)15/h4-9H,3H2,1-2H3,(H,14,15). The van der Waals surface area contributed by atoms with Crippen molar-refractivity contribution in [2.24, 2.45) is 0 Å². The van der Waals surface area contributed by atoms with E-state index >= 15 is 0 Å². The third-order valence-electron chi connectivity index (χ3n) is 2.19. The molecule has 1 rings (SSSR count). The molecule has 0 aromatic heterocycles. The van der Waals surface area contributed by atoms with Crippen molar-refractivity contribution in [1.29, 1.82) is 0 Å². The highest BCUT2D eigenvalue weighted by molar-refractivity contribution is 5.80. The number of hydrogen-bond donors (Lipinski definition) is 1. The van der Waals surface area contributed by atoms with Crippen molar-refractivity contribution in [3.05, 3.63) is 42.1 Å². The van der Waals surface area contributed by atoms with Crippen LogP contribution in [0.4, 0.5) is 5.69 Å². The number of benzene rings is 1. The fourth-order valence-electron chi connectivity index (χ4n) is 1.23. The molecule has 0 atom stereocenters. The summed E-state index contributed by atoms with van der Waals surface area (Å²) in [6.07, 6.45) is 3.66. The van der Waals surface area contributed by atoms with Crippen LogP contribution in [0.5, 0.6) is 0 Å². The second-order valence-corrected chi connectivity index (χ2v) is 3.28. The SMILES string of the molecule is CCc1ccc(N(C)C=CC(=O)O)cc1. The van der Waals surface area contributed by atoms with Crippen molar-refractivity contribution >= 4 is 11.7 Å². The smallest absolute Gasteiger partial charge is 0.329 e. The zero-order chi connectivity index (χ0) is 11.3. The van der Waals surface area contributed by atoms with Gasteiger partial charge in [-0.25, -0.2) is 4.79 Å². The lowest BCUT2D eigenvalue weighted by Crippen LogP contribution is -2.08. The van der Waals surface area contributed by atoms with Crippen LogP contribution >= 0.6 is 0 Å². The highest BCUT2D eigenvalue weighted by atomic mass is 16.4. The molecule has 3 heteroatoms. The lowest BCUT2D eigenvalue weighted by atomic mass is 10.1. The summed E-state index contributed by atoms with van der Waals surface area (Å²) in [6.45, 7) is 2.10. The van der Waals surface area contributed by atoms with Gasteiger partial charge in [0.25, 0.3) is 0 Å². The van der Waals surface area contributed by atoms with Gasteiger partial charge in [-0.3, -0.25) is 0 Å². The van der Waals surface area contributed by atoms with Crippen LogP contribution in [0.2, 0.25) is 0 Å². The van der Waals surface area contributed by atoms with Crippen LogP contribution in [0.1, 0.15) is 12.5 Å². The number of carboxylic acids is 1. The lowest BCUT2D eigenvalue weighted by molar-refractivity contribution is -0.131. The molecule has 0 aliphatic carbocycles. The Morgan fingerprint density at radius 1 is 1.40 bits per heavy atom. The Balaban J connectivity index is 2.74. The van der Waals surface area contributed by atoms with Gasteiger partial charge in [-0.05, 0) is 24.1 Å². The Hall–Kier alpha value is -1.77. The Morgan fingerprint density at radius 3 is 2.47 bits per heavy atom. The summed E-state index contributed by atoms with van der Waals surface area (Å²) < 4.78 is 0. The van der Waals surface area contributed by atoms with Gasteiger partial charge in [0.2, 0.25) is 0 Å². The topological polar surface area (TPSA) is 40.5 Å². The summed E-state index contributed by atoms with van der Waals surface area (Å²) in [4.78, 5) is 12.1. The van der Waals surface area contributed by atoms with Gasteiger partial charge < -0.3 is 10.0 Å². The van der Waals surface area contributed by atoms with E-state index in [-0.39, 0.29) is 0 Å². The van der Waals surface area contributed by atoms with Gasteiger partial charge in [0.05, 0.1) is 0 Å². The fraction of sp³-hybridized carbons (Fsp3) is 0.250. The Kier molecular flexibility index (Phi) is 3.92. The van der Waals surface area contributed by atoms with Gasteiger partial charge >= 0.3 is 5.97 Å². The van der Waals surface area contributed by atoms with Crippen molar-refractivity contribution < 1.29 is 9.90 Å². The van der Waals surface area contributed by atoms with E-state index in [1.54, 1.807) is 4.90 Å². The van der Waals surface area contributed by atoms with Crippen LogP contribution < -0.4 is 4.90 Å². The zero-order valence-electron chi connectivity index (χ0n) is 8.97. The number of aryl methyl sites for hydroxylation is 1. The number of carbonyl (C=O) groups is 1. The van der Waals surface area contributed by atoms with Crippen LogP contribution in [-0.2, 0) is 11.2 Å². The van der Waals surface area contributed by atoms with Crippen molar-refractivity contribution in [2.45, 2.75) is 13.3 Å². The molecule has 1 aromatic rings. The van der Waals surface area contributed by atoms with Crippen LogP contribution in [0.3, 0.4) is 0 Å². The average molecular weight is 205 g/mol. The summed E-state index contributed by atoms with van der Waals surface area (Å²) >= 11 is 0. The van der Waals surface area contributed by atoms with E-state index in [1.165, 1.54) is 11.8 Å². The minimum absolute atomic E-state index is 0.938.